The van der Waals surface area contributed by atoms with Crippen molar-refractivity contribution in [2.75, 3.05) is 18.4 Å². The van der Waals surface area contributed by atoms with Crippen molar-refractivity contribution in [3.63, 3.8) is 0 Å². The Hall–Kier alpha value is -1.91. The molecule has 19 heavy (non-hydrogen) atoms. The summed E-state index contributed by atoms with van der Waals surface area (Å²) in [5.41, 5.74) is 0.908. The lowest BCUT2D eigenvalue weighted by atomic mass is 10.1. The Labute approximate surface area is 113 Å². The molecule has 0 radical (unpaired) electrons. The molecule has 1 aromatic rings. The third kappa shape index (κ3) is 3.30. The van der Waals surface area contributed by atoms with Crippen molar-refractivity contribution in [3.8, 4) is 0 Å². The predicted molar refractivity (Wildman–Crippen MR) is 74.3 cm³/mol. The van der Waals surface area contributed by atoms with Gasteiger partial charge in [-0.2, -0.15) is 0 Å². The summed E-state index contributed by atoms with van der Waals surface area (Å²) < 4.78 is 13.6. The van der Waals surface area contributed by atoms with Crippen LogP contribution in [0.2, 0.25) is 0 Å². The molecule has 1 aromatic heterocycles. The Bertz CT molecular complexity index is 486. The van der Waals surface area contributed by atoms with E-state index in [1.807, 2.05) is 0 Å². The van der Waals surface area contributed by atoms with E-state index >= 15 is 0 Å². The Morgan fingerprint density at radius 2 is 2.42 bits per heavy atom. The molecule has 5 heteroatoms. The van der Waals surface area contributed by atoms with Crippen LogP contribution in [-0.2, 0) is 0 Å². The Morgan fingerprint density at radius 3 is 3.16 bits per heavy atom. The highest BCUT2D eigenvalue weighted by molar-refractivity contribution is 5.36. The molecule has 1 saturated heterocycles. The fraction of sp³-hybridized carbons (Fsp3) is 0.429. The maximum absolute atomic E-state index is 13.6. The molecule has 1 fully saturated rings. The Kier molecular flexibility index (Phi) is 4.14. The van der Waals surface area contributed by atoms with Gasteiger partial charge >= 0.3 is 0 Å². The smallest absolute Gasteiger partial charge is 0.183 e. The number of aryl methyl sites for hydroxylation is 1. The number of hydrogen-bond acceptors (Lipinski definition) is 4. The van der Waals surface area contributed by atoms with E-state index < -0.39 is 5.82 Å². The number of hydrogen-bond donors (Lipinski definition) is 1. The average Bonchev–Trinajstić information content (AvgIpc) is 2.42. The molecule has 1 atom stereocenters. The minimum atomic E-state index is -0.412. The van der Waals surface area contributed by atoms with Crippen molar-refractivity contribution in [3.05, 3.63) is 42.8 Å². The van der Waals surface area contributed by atoms with Crippen LogP contribution in [0.15, 0.2) is 31.1 Å². The number of anilines is 1. The zero-order valence-corrected chi connectivity index (χ0v) is 11.2. The Morgan fingerprint density at radius 1 is 1.63 bits per heavy atom. The van der Waals surface area contributed by atoms with Crippen LogP contribution in [0, 0.1) is 12.7 Å². The van der Waals surface area contributed by atoms with E-state index in [0.29, 0.717) is 5.82 Å². The summed E-state index contributed by atoms with van der Waals surface area (Å²) in [4.78, 5) is 10.1. The minimum absolute atomic E-state index is 0.161. The number of piperidine rings is 1. The molecule has 0 aliphatic carbocycles. The van der Waals surface area contributed by atoms with Gasteiger partial charge in [0.05, 0.1) is 6.20 Å². The first-order valence-electron chi connectivity index (χ1n) is 6.42. The van der Waals surface area contributed by atoms with Crippen LogP contribution in [0.1, 0.15) is 18.7 Å². The van der Waals surface area contributed by atoms with E-state index in [1.165, 1.54) is 6.20 Å². The van der Waals surface area contributed by atoms with Crippen molar-refractivity contribution >= 4 is 5.82 Å². The quantitative estimate of drug-likeness (QED) is 0.846. The maximum atomic E-state index is 13.6. The van der Waals surface area contributed by atoms with Gasteiger partial charge < -0.3 is 10.2 Å². The SMILES string of the molecule is C=CC(=C)N1CCC[C@@H](Nc2nc(C)ncc2F)C1. The van der Waals surface area contributed by atoms with Crippen LogP contribution in [0.3, 0.4) is 0 Å². The van der Waals surface area contributed by atoms with E-state index in [-0.39, 0.29) is 11.9 Å². The van der Waals surface area contributed by atoms with Crippen LogP contribution in [0.4, 0.5) is 10.2 Å². The molecule has 4 nitrogen and oxygen atoms in total. The van der Waals surface area contributed by atoms with Gasteiger partial charge in [0.1, 0.15) is 5.82 Å². The summed E-state index contributed by atoms with van der Waals surface area (Å²) in [7, 11) is 0. The van der Waals surface area contributed by atoms with Gasteiger partial charge in [0.2, 0.25) is 0 Å². The van der Waals surface area contributed by atoms with Gasteiger partial charge in [0.15, 0.2) is 11.6 Å². The van der Waals surface area contributed by atoms with Crippen molar-refractivity contribution in [2.45, 2.75) is 25.8 Å². The molecule has 0 saturated carbocycles. The number of nitrogens with one attached hydrogen (secondary N) is 1. The second-order valence-electron chi connectivity index (χ2n) is 4.74. The molecule has 2 heterocycles. The fourth-order valence-electron chi connectivity index (χ4n) is 2.23. The summed E-state index contributed by atoms with van der Waals surface area (Å²) >= 11 is 0. The zero-order valence-electron chi connectivity index (χ0n) is 11.2. The monoisotopic (exact) mass is 262 g/mol. The van der Waals surface area contributed by atoms with E-state index in [0.717, 1.165) is 31.6 Å². The van der Waals surface area contributed by atoms with Gasteiger partial charge in [-0.1, -0.05) is 13.2 Å². The highest BCUT2D eigenvalue weighted by Gasteiger charge is 2.21. The fourth-order valence-corrected chi connectivity index (χ4v) is 2.23. The van der Waals surface area contributed by atoms with Crippen LogP contribution in [0.25, 0.3) is 0 Å². The lowest BCUT2D eigenvalue weighted by Gasteiger charge is -2.35. The van der Waals surface area contributed by atoms with Crippen molar-refractivity contribution in [1.29, 1.82) is 0 Å². The minimum Gasteiger partial charge on any atom is -0.370 e. The number of likely N-dealkylation sites (tertiary alicyclic amines) is 1. The molecule has 102 valence electrons. The number of rotatable bonds is 4. The van der Waals surface area contributed by atoms with Crippen LogP contribution >= 0.6 is 0 Å². The molecule has 2 rings (SSSR count). The zero-order chi connectivity index (χ0) is 13.8. The molecule has 0 bridgehead atoms. The maximum Gasteiger partial charge on any atom is 0.183 e. The topological polar surface area (TPSA) is 41.0 Å². The molecule has 1 aliphatic rings. The van der Waals surface area contributed by atoms with E-state index in [4.69, 9.17) is 0 Å². The summed E-state index contributed by atoms with van der Waals surface area (Å²) in [5.74, 6) is 0.431. The van der Waals surface area contributed by atoms with Crippen molar-refractivity contribution < 1.29 is 4.39 Å². The largest absolute Gasteiger partial charge is 0.370 e. The van der Waals surface area contributed by atoms with E-state index in [9.17, 15) is 4.39 Å². The highest BCUT2D eigenvalue weighted by atomic mass is 19.1. The van der Waals surface area contributed by atoms with Crippen molar-refractivity contribution in [1.82, 2.24) is 14.9 Å². The average molecular weight is 262 g/mol. The summed E-state index contributed by atoms with van der Waals surface area (Å²) in [6, 6.07) is 0.161. The lowest BCUT2D eigenvalue weighted by molar-refractivity contribution is 0.276. The number of halogens is 1. The van der Waals surface area contributed by atoms with Crippen LogP contribution < -0.4 is 5.32 Å². The first kappa shape index (κ1) is 13.5. The predicted octanol–water partition coefficient (Wildman–Crippen LogP) is 2.50. The summed E-state index contributed by atoms with van der Waals surface area (Å²) in [6.45, 7) is 11.2. The molecule has 0 amide bonds. The molecule has 0 aromatic carbocycles. The molecule has 1 N–H and O–H groups in total. The van der Waals surface area contributed by atoms with Gasteiger partial charge in [0.25, 0.3) is 0 Å². The number of nitrogens with zero attached hydrogens (tertiary/aromatic N) is 3. The molecular weight excluding hydrogens is 243 g/mol. The third-order valence-electron chi connectivity index (χ3n) is 3.27. The van der Waals surface area contributed by atoms with Gasteiger partial charge in [-0.3, -0.25) is 0 Å². The van der Waals surface area contributed by atoms with Gasteiger partial charge in [-0.25, -0.2) is 14.4 Å². The second kappa shape index (κ2) is 5.82. The third-order valence-corrected chi connectivity index (χ3v) is 3.27. The standard InChI is InChI=1S/C14H19FN4/c1-4-10(2)19-7-5-6-12(9-19)18-14-13(15)8-16-11(3)17-14/h4,8,12H,1-2,5-7,9H2,3H3,(H,16,17,18)/t12-/m1/s1. The normalized spacial score (nSPS) is 19.1. The van der Waals surface area contributed by atoms with Gasteiger partial charge in [0, 0.05) is 24.8 Å². The molecule has 0 unspecified atom stereocenters. The second-order valence-corrected chi connectivity index (χ2v) is 4.74. The van der Waals surface area contributed by atoms with Crippen molar-refractivity contribution in [2.24, 2.45) is 0 Å². The van der Waals surface area contributed by atoms with Crippen LogP contribution in [-0.4, -0.2) is 34.0 Å². The molecule has 0 spiro atoms. The summed E-state index contributed by atoms with van der Waals surface area (Å²) in [6.07, 6.45) is 4.98. The molecule has 1 aliphatic heterocycles. The first-order chi connectivity index (χ1) is 9.10. The van der Waals surface area contributed by atoms with E-state index in [2.05, 4.69) is 33.3 Å². The first-order valence-corrected chi connectivity index (χ1v) is 6.42. The Balaban J connectivity index is 2.04. The van der Waals surface area contributed by atoms with E-state index in [1.54, 1.807) is 13.0 Å². The highest BCUT2D eigenvalue weighted by Crippen LogP contribution is 2.19. The van der Waals surface area contributed by atoms with Gasteiger partial charge in [-0.05, 0) is 25.8 Å². The number of aromatic nitrogens is 2. The number of allylic oxidation sites excluding steroid dienone is 1. The summed E-state index contributed by atoms with van der Waals surface area (Å²) in [5, 5.41) is 3.16. The lowest BCUT2D eigenvalue weighted by Crippen LogP contribution is -2.41. The molecular formula is C14H19FN4. The van der Waals surface area contributed by atoms with Gasteiger partial charge in [-0.15, -0.1) is 0 Å². The van der Waals surface area contributed by atoms with Crippen LogP contribution in [0.5, 0.6) is 0 Å².